The summed E-state index contributed by atoms with van der Waals surface area (Å²) in [6.07, 6.45) is 3.47. The molecule has 0 saturated carbocycles. The number of aryl methyl sites for hydroxylation is 2. The van der Waals surface area contributed by atoms with Crippen LogP contribution in [0.2, 0.25) is 0 Å². The SMILES string of the molecule is CCCCCNC(=O)CSCc1cc(C)cc(C)c1. The van der Waals surface area contributed by atoms with Crippen LogP contribution < -0.4 is 5.32 Å². The van der Waals surface area contributed by atoms with Crippen LogP contribution in [0.15, 0.2) is 18.2 Å². The Labute approximate surface area is 121 Å². The van der Waals surface area contributed by atoms with Crippen molar-refractivity contribution in [2.45, 2.75) is 45.8 Å². The number of unbranched alkanes of at least 4 members (excludes halogenated alkanes) is 2. The standard InChI is InChI=1S/C16H25NOS/c1-4-5-6-7-17-16(18)12-19-11-15-9-13(2)8-14(3)10-15/h8-10H,4-7,11-12H2,1-3H3,(H,17,18). The molecule has 0 atom stereocenters. The minimum Gasteiger partial charge on any atom is -0.355 e. The van der Waals surface area contributed by atoms with E-state index in [2.05, 4.69) is 44.3 Å². The predicted molar refractivity (Wildman–Crippen MR) is 84.6 cm³/mol. The first kappa shape index (κ1) is 16.1. The highest BCUT2D eigenvalue weighted by Crippen LogP contribution is 2.15. The fourth-order valence-electron chi connectivity index (χ4n) is 2.07. The Bertz CT molecular complexity index is 383. The second kappa shape index (κ2) is 9.03. The summed E-state index contributed by atoms with van der Waals surface area (Å²) in [6, 6.07) is 6.56. The van der Waals surface area contributed by atoms with Crippen molar-refractivity contribution >= 4 is 17.7 Å². The summed E-state index contributed by atoms with van der Waals surface area (Å²) in [7, 11) is 0. The van der Waals surface area contributed by atoms with Crippen molar-refractivity contribution in [1.29, 1.82) is 0 Å². The van der Waals surface area contributed by atoms with Crippen molar-refractivity contribution in [3.8, 4) is 0 Å². The molecule has 0 heterocycles. The predicted octanol–water partition coefficient (Wildman–Crippen LogP) is 3.84. The van der Waals surface area contributed by atoms with Gasteiger partial charge in [0.2, 0.25) is 5.91 Å². The summed E-state index contributed by atoms with van der Waals surface area (Å²) in [5.74, 6) is 1.62. The molecule has 0 aliphatic carbocycles. The Morgan fingerprint density at radius 2 is 1.84 bits per heavy atom. The van der Waals surface area contributed by atoms with Crippen molar-refractivity contribution < 1.29 is 4.79 Å². The molecule has 0 aliphatic rings. The van der Waals surface area contributed by atoms with Crippen LogP contribution in [0.4, 0.5) is 0 Å². The third kappa shape index (κ3) is 7.26. The Hall–Kier alpha value is -0.960. The van der Waals surface area contributed by atoms with E-state index in [4.69, 9.17) is 0 Å². The lowest BCUT2D eigenvalue weighted by Crippen LogP contribution is -2.26. The lowest BCUT2D eigenvalue weighted by Gasteiger charge is -2.06. The molecule has 0 spiro atoms. The molecule has 0 unspecified atom stereocenters. The Morgan fingerprint density at radius 1 is 1.16 bits per heavy atom. The Kier molecular flexibility index (Phi) is 7.65. The van der Waals surface area contributed by atoms with Gasteiger partial charge < -0.3 is 5.32 Å². The molecule has 0 bridgehead atoms. The minimum absolute atomic E-state index is 0.158. The molecule has 3 heteroatoms. The third-order valence-electron chi connectivity index (χ3n) is 2.89. The summed E-state index contributed by atoms with van der Waals surface area (Å²) < 4.78 is 0. The van der Waals surface area contributed by atoms with E-state index >= 15 is 0 Å². The van der Waals surface area contributed by atoms with E-state index in [-0.39, 0.29) is 5.91 Å². The van der Waals surface area contributed by atoms with Crippen LogP contribution in [-0.4, -0.2) is 18.2 Å². The summed E-state index contributed by atoms with van der Waals surface area (Å²) in [5.41, 5.74) is 3.89. The van der Waals surface area contributed by atoms with Gasteiger partial charge in [-0.1, -0.05) is 49.1 Å². The molecule has 0 radical (unpaired) electrons. The van der Waals surface area contributed by atoms with E-state index in [0.717, 1.165) is 18.7 Å². The second-order valence-electron chi connectivity index (χ2n) is 5.05. The number of thioether (sulfide) groups is 1. The molecular weight excluding hydrogens is 254 g/mol. The number of hydrogen-bond donors (Lipinski definition) is 1. The van der Waals surface area contributed by atoms with Gasteiger partial charge in [-0.25, -0.2) is 0 Å². The van der Waals surface area contributed by atoms with Gasteiger partial charge in [0.05, 0.1) is 5.75 Å². The quantitative estimate of drug-likeness (QED) is 0.732. The van der Waals surface area contributed by atoms with E-state index in [9.17, 15) is 4.79 Å². The zero-order valence-corrected chi connectivity index (χ0v) is 13.1. The van der Waals surface area contributed by atoms with Gasteiger partial charge in [-0.05, 0) is 25.8 Å². The Morgan fingerprint density at radius 3 is 2.47 bits per heavy atom. The number of benzene rings is 1. The molecule has 0 aromatic heterocycles. The first-order chi connectivity index (χ1) is 9.11. The van der Waals surface area contributed by atoms with Crippen molar-refractivity contribution in [3.63, 3.8) is 0 Å². The van der Waals surface area contributed by atoms with Gasteiger partial charge in [0.25, 0.3) is 0 Å². The molecule has 19 heavy (non-hydrogen) atoms. The smallest absolute Gasteiger partial charge is 0.230 e. The van der Waals surface area contributed by atoms with Crippen LogP contribution in [0.25, 0.3) is 0 Å². The lowest BCUT2D eigenvalue weighted by molar-refractivity contribution is -0.118. The van der Waals surface area contributed by atoms with E-state index in [0.29, 0.717) is 5.75 Å². The molecule has 1 rings (SSSR count). The monoisotopic (exact) mass is 279 g/mol. The lowest BCUT2D eigenvalue weighted by atomic mass is 10.1. The summed E-state index contributed by atoms with van der Waals surface area (Å²) in [6.45, 7) is 7.21. The molecule has 0 aliphatic heterocycles. The summed E-state index contributed by atoms with van der Waals surface area (Å²) >= 11 is 1.68. The average molecular weight is 279 g/mol. The van der Waals surface area contributed by atoms with Crippen LogP contribution in [0.1, 0.15) is 42.9 Å². The van der Waals surface area contributed by atoms with Gasteiger partial charge in [-0.2, -0.15) is 0 Å². The molecule has 0 saturated heterocycles. The fourth-order valence-corrected chi connectivity index (χ4v) is 2.86. The van der Waals surface area contributed by atoms with E-state index in [1.807, 2.05) is 0 Å². The number of carbonyl (C=O) groups is 1. The maximum atomic E-state index is 11.6. The second-order valence-corrected chi connectivity index (χ2v) is 6.03. The topological polar surface area (TPSA) is 29.1 Å². The number of hydrogen-bond acceptors (Lipinski definition) is 2. The largest absolute Gasteiger partial charge is 0.355 e. The van der Waals surface area contributed by atoms with Gasteiger partial charge >= 0.3 is 0 Å². The maximum Gasteiger partial charge on any atom is 0.230 e. The zero-order chi connectivity index (χ0) is 14.1. The highest BCUT2D eigenvalue weighted by atomic mass is 32.2. The van der Waals surface area contributed by atoms with Crippen LogP contribution in [0.3, 0.4) is 0 Å². The van der Waals surface area contributed by atoms with Crippen LogP contribution in [0.5, 0.6) is 0 Å². The van der Waals surface area contributed by atoms with E-state index < -0.39 is 0 Å². The summed E-state index contributed by atoms with van der Waals surface area (Å²) in [4.78, 5) is 11.6. The third-order valence-corrected chi connectivity index (χ3v) is 3.89. The number of rotatable bonds is 8. The van der Waals surface area contributed by atoms with Crippen molar-refractivity contribution in [2.75, 3.05) is 12.3 Å². The first-order valence-corrected chi connectivity index (χ1v) is 8.19. The molecule has 106 valence electrons. The van der Waals surface area contributed by atoms with Gasteiger partial charge in [-0.3, -0.25) is 4.79 Å². The van der Waals surface area contributed by atoms with Gasteiger partial charge in [0, 0.05) is 12.3 Å². The van der Waals surface area contributed by atoms with Gasteiger partial charge in [0.1, 0.15) is 0 Å². The van der Waals surface area contributed by atoms with E-state index in [1.165, 1.54) is 29.5 Å². The van der Waals surface area contributed by atoms with Gasteiger partial charge in [0.15, 0.2) is 0 Å². The number of carbonyl (C=O) groups excluding carboxylic acids is 1. The molecule has 1 aromatic carbocycles. The van der Waals surface area contributed by atoms with Crippen molar-refractivity contribution in [1.82, 2.24) is 5.32 Å². The van der Waals surface area contributed by atoms with E-state index in [1.54, 1.807) is 11.8 Å². The molecule has 2 nitrogen and oxygen atoms in total. The molecular formula is C16H25NOS. The molecule has 1 aromatic rings. The van der Waals surface area contributed by atoms with Gasteiger partial charge in [-0.15, -0.1) is 11.8 Å². The highest BCUT2D eigenvalue weighted by Gasteiger charge is 2.02. The van der Waals surface area contributed by atoms with Crippen LogP contribution in [-0.2, 0) is 10.5 Å². The molecule has 1 amide bonds. The number of amides is 1. The van der Waals surface area contributed by atoms with Crippen LogP contribution >= 0.6 is 11.8 Å². The molecule has 0 fully saturated rings. The fraction of sp³-hybridized carbons (Fsp3) is 0.562. The maximum absolute atomic E-state index is 11.6. The minimum atomic E-state index is 0.158. The number of nitrogens with one attached hydrogen (secondary N) is 1. The molecule has 1 N–H and O–H groups in total. The average Bonchev–Trinajstić information content (AvgIpc) is 2.33. The summed E-state index contributed by atoms with van der Waals surface area (Å²) in [5, 5.41) is 2.97. The normalized spacial score (nSPS) is 10.5. The van der Waals surface area contributed by atoms with Crippen LogP contribution in [0, 0.1) is 13.8 Å². The first-order valence-electron chi connectivity index (χ1n) is 7.03. The Balaban J connectivity index is 2.20. The van der Waals surface area contributed by atoms with Crippen molar-refractivity contribution in [2.24, 2.45) is 0 Å². The highest BCUT2D eigenvalue weighted by molar-refractivity contribution is 7.99. The van der Waals surface area contributed by atoms with Crippen molar-refractivity contribution in [3.05, 3.63) is 34.9 Å². The zero-order valence-electron chi connectivity index (χ0n) is 12.3.